The molecule has 6 rings (SSSR count). The number of fused-ring (bicyclic) bond motifs is 1. The molecule has 0 radical (unpaired) electrons. The van der Waals surface area contributed by atoms with E-state index in [1.54, 1.807) is 18.6 Å². The Morgan fingerprint density at radius 3 is 2.53 bits per heavy atom. The van der Waals surface area contributed by atoms with Crippen LogP contribution in [0.5, 0.6) is 0 Å². The number of aromatic amines is 3. The summed E-state index contributed by atoms with van der Waals surface area (Å²) < 4.78 is 0. The molecule has 0 aliphatic carbocycles. The van der Waals surface area contributed by atoms with Crippen molar-refractivity contribution in [3.05, 3.63) is 79.4 Å². The Balaban J connectivity index is 1.26. The van der Waals surface area contributed by atoms with Gasteiger partial charge in [-0.25, -0.2) is 9.97 Å². The highest BCUT2D eigenvalue weighted by molar-refractivity contribution is 5.88. The highest BCUT2D eigenvalue weighted by atomic mass is 15.3. The maximum absolute atomic E-state index is 4.70. The molecule has 0 saturated heterocycles. The second-order valence-corrected chi connectivity index (χ2v) is 7.30. The van der Waals surface area contributed by atoms with Crippen molar-refractivity contribution >= 4 is 22.4 Å². The lowest BCUT2D eigenvalue weighted by molar-refractivity contribution is 0.941. The average Bonchev–Trinajstić information content (AvgIpc) is 3.61. The number of anilines is 2. The van der Waals surface area contributed by atoms with Crippen LogP contribution in [0.25, 0.3) is 44.8 Å². The topological polar surface area (TPSA) is 124 Å². The van der Waals surface area contributed by atoms with Crippen LogP contribution >= 0.6 is 0 Å². The largest absolute Gasteiger partial charge is 0.353 e. The summed E-state index contributed by atoms with van der Waals surface area (Å²) in [5.74, 6) is 1.37. The van der Waals surface area contributed by atoms with Gasteiger partial charge in [0.05, 0.1) is 18.1 Å². The van der Waals surface area contributed by atoms with Gasteiger partial charge >= 0.3 is 0 Å². The Labute approximate surface area is 182 Å². The predicted octanol–water partition coefficient (Wildman–Crippen LogP) is 4.54. The lowest BCUT2D eigenvalue weighted by atomic mass is 10.1. The summed E-state index contributed by atoms with van der Waals surface area (Å²) in [4.78, 5) is 12.5. The van der Waals surface area contributed by atoms with Gasteiger partial charge in [0.2, 0.25) is 0 Å². The molecule has 2 aromatic carbocycles. The zero-order valence-electron chi connectivity index (χ0n) is 16.7. The van der Waals surface area contributed by atoms with Crippen molar-refractivity contribution in [3.63, 3.8) is 0 Å². The Morgan fingerprint density at radius 2 is 1.72 bits per heavy atom. The summed E-state index contributed by atoms with van der Waals surface area (Å²) >= 11 is 0. The minimum absolute atomic E-state index is 0.643. The summed E-state index contributed by atoms with van der Waals surface area (Å²) in [6.45, 7) is 0. The number of rotatable bonds is 5. The average molecular weight is 419 g/mol. The normalized spacial score (nSPS) is 11.1. The third kappa shape index (κ3) is 3.37. The highest BCUT2D eigenvalue weighted by Gasteiger charge is 2.09. The van der Waals surface area contributed by atoms with Gasteiger partial charge in [0.25, 0.3) is 0 Å². The first-order valence-electron chi connectivity index (χ1n) is 10.0. The minimum Gasteiger partial charge on any atom is -0.353 e. The molecular weight excluding hydrogens is 402 g/mol. The standard InChI is InChI=1S/C23H17N9/c1-2-16(10-19-15(1)9-20(29-19)21-13-27-32-31-21)23-24-8-7-22(30-23)28-18-5-3-14(4-6-18)17-11-25-26-12-17/h1-13,29H,(H,25,26)(H,24,28,30)(H,27,31,32). The fourth-order valence-corrected chi connectivity index (χ4v) is 3.61. The van der Waals surface area contributed by atoms with Crippen molar-refractivity contribution in [2.45, 2.75) is 0 Å². The monoisotopic (exact) mass is 419 g/mol. The van der Waals surface area contributed by atoms with Crippen LogP contribution in [-0.4, -0.2) is 40.6 Å². The molecule has 6 aromatic rings. The quantitative estimate of drug-likeness (QED) is 0.325. The van der Waals surface area contributed by atoms with Crippen LogP contribution in [0.3, 0.4) is 0 Å². The minimum atomic E-state index is 0.643. The number of aromatic nitrogens is 8. The van der Waals surface area contributed by atoms with Gasteiger partial charge < -0.3 is 10.3 Å². The van der Waals surface area contributed by atoms with Gasteiger partial charge in [-0.1, -0.05) is 29.5 Å². The molecule has 0 aliphatic rings. The van der Waals surface area contributed by atoms with Crippen molar-refractivity contribution in [1.82, 2.24) is 40.6 Å². The van der Waals surface area contributed by atoms with Gasteiger partial charge in [-0.3, -0.25) is 10.2 Å². The molecule has 0 spiro atoms. The fourth-order valence-electron chi connectivity index (χ4n) is 3.61. The first-order chi connectivity index (χ1) is 15.8. The summed E-state index contributed by atoms with van der Waals surface area (Å²) in [7, 11) is 0. The van der Waals surface area contributed by atoms with E-state index >= 15 is 0 Å². The molecule has 0 bridgehead atoms. The Hall–Kier alpha value is -4.79. The number of nitrogens with zero attached hydrogens (tertiary/aromatic N) is 5. The van der Waals surface area contributed by atoms with Gasteiger partial charge in [-0.15, -0.1) is 5.10 Å². The van der Waals surface area contributed by atoms with Crippen LogP contribution < -0.4 is 5.32 Å². The van der Waals surface area contributed by atoms with Crippen LogP contribution in [0.15, 0.2) is 79.4 Å². The number of nitrogens with one attached hydrogen (secondary N) is 4. The van der Waals surface area contributed by atoms with Gasteiger partial charge in [-0.05, 0) is 35.9 Å². The molecule has 9 heteroatoms. The number of benzene rings is 2. The summed E-state index contributed by atoms with van der Waals surface area (Å²) in [6.07, 6.45) is 7.18. The highest BCUT2D eigenvalue weighted by Crippen LogP contribution is 2.27. The van der Waals surface area contributed by atoms with E-state index in [2.05, 4.69) is 40.9 Å². The van der Waals surface area contributed by atoms with Gasteiger partial charge in [0.15, 0.2) is 5.82 Å². The third-order valence-corrected chi connectivity index (χ3v) is 5.22. The number of hydrogen-bond donors (Lipinski definition) is 4. The number of H-pyrrole nitrogens is 3. The van der Waals surface area contributed by atoms with E-state index in [1.807, 2.05) is 60.8 Å². The second-order valence-electron chi connectivity index (χ2n) is 7.30. The smallest absolute Gasteiger partial charge is 0.161 e. The Kier molecular flexibility index (Phi) is 4.21. The molecule has 0 unspecified atom stereocenters. The zero-order chi connectivity index (χ0) is 21.3. The molecule has 0 saturated carbocycles. The molecule has 4 aromatic heterocycles. The van der Waals surface area contributed by atoms with Crippen molar-refractivity contribution in [1.29, 1.82) is 0 Å². The fraction of sp³-hybridized carbons (Fsp3) is 0. The maximum atomic E-state index is 4.70. The first kappa shape index (κ1) is 18.0. The Morgan fingerprint density at radius 1 is 0.812 bits per heavy atom. The summed E-state index contributed by atoms with van der Waals surface area (Å²) in [6, 6.07) is 18.1. The lowest BCUT2D eigenvalue weighted by Crippen LogP contribution is -1.96. The van der Waals surface area contributed by atoms with E-state index in [1.165, 1.54) is 0 Å². The first-order valence-corrected chi connectivity index (χ1v) is 10.0. The molecule has 9 nitrogen and oxygen atoms in total. The van der Waals surface area contributed by atoms with Gasteiger partial charge in [-0.2, -0.15) is 5.10 Å². The van der Waals surface area contributed by atoms with Crippen molar-refractivity contribution < 1.29 is 0 Å². The van der Waals surface area contributed by atoms with E-state index in [0.717, 1.165) is 50.5 Å². The van der Waals surface area contributed by atoms with E-state index in [9.17, 15) is 0 Å². The van der Waals surface area contributed by atoms with Gasteiger partial charge in [0, 0.05) is 40.1 Å². The van der Waals surface area contributed by atoms with E-state index in [0.29, 0.717) is 5.82 Å². The molecule has 4 N–H and O–H groups in total. The molecule has 0 aliphatic heterocycles. The molecule has 32 heavy (non-hydrogen) atoms. The third-order valence-electron chi connectivity index (χ3n) is 5.22. The summed E-state index contributed by atoms with van der Waals surface area (Å²) in [5, 5.41) is 21.8. The molecule has 4 heterocycles. The Bertz CT molecular complexity index is 1480. The molecular formula is C23H17N9. The lowest BCUT2D eigenvalue weighted by Gasteiger charge is -2.08. The number of hydrogen-bond acceptors (Lipinski definition) is 6. The van der Waals surface area contributed by atoms with E-state index in [-0.39, 0.29) is 0 Å². The van der Waals surface area contributed by atoms with Crippen molar-refractivity contribution in [2.75, 3.05) is 5.32 Å². The predicted molar refractivity (Wildman–Crippen MR) is 122 cm³/mol. The van der Waals surface area contributed by atoms with Gasteiger partial charge in [0.1, 0.15) is 11.5 Å². The van der Waals surface area contributed by atoms with E-state index < -0.39 is 0 Å². The van der Waals surface area contributed by atoms with Crippen LogP contribution in [0.1, 0.15) is 0 Å². The van der Waals surface area contributed by atoms with Crippen LogP contribution in [-0.2, 0) is 0 Å². The van der Waals surface area contributed by atoms with Crippen LogP contribution in [0.4, 0.5) is 11.5 Å². The molecule has 0 amide bonds. The molecule has 0 atom stereocenters. The van der Waals surface area contributed by atoms with Crippen molar-refractivity contribution in [2.24, 2.45) is 0 Å². The molecule has 154 valence electrons. The molecule has 0 fully saturated rings. The SMILES string of the molecule is c1cc(Nc2ccc(-c3cn[nH]c3)cc2)nc(-c2ccc3cc(-c4c[nH]nn4)[nH]c3c2)n1. The second kappa shape index (κ2) is 7.47. The van der Waals surface area contributed by atoms with Crippen LogP contribution in [0.2, 0.25) is 0 Å². The van der Waals surface area contributed by atoms with Crippen LogP contribution in [0, 0.1) is 0 Å². The van der Waals surface area contributed by atoms with E-state index in [4.69, 9.17) is 4.98 Å². The zero-order valence-corrected chi connectivity index (χ0v) is 16.7. The maximum Gasteiger partial charge on any atom is 0.161 e. The van der Waals surface area contributed by atoms with Crippen molar-refractivity contribution in [3.8, 4) is 33.9 Å². The summed E-state index contributed by atoms with van der Waals surface area (Å²) in [5.41, 5.74) is 6.66.